The number of pyridine rings is 1. The number of aromatic nitrogens is 3. The van der Waals surface area contributed by atoms with E-state index in [9.17, 15) is 9.18 Å². The maximum absolute atomic E-state index is 13.0. The Kier molecular flexibility index (Phi) is 3.33. The number of aryl methyl sites for hydroxylation is 2. The number of nitrogens with zero attached hydrogens (tertiary/aromatic N) is 2. The molecule has 5 nitrogen and oxygen atoms in total. The van der Waals surface area contributed by atoms with Crippen molar-refractivity contribution >= 4 is 16.9 Å². The van der Waals surface area contributed by atoms with Crippen molar-refractivity contribution in [3.8, 4) is 0 Å². The second-order valence-electron chi connectivity index (χ2n) is 6.33. The van der Waals surface area contributed by atoms with Crippen molar-refractivity contribution in [2.24, 2.45) is 0 Å². The van der Waals surface area contributed by atoms with Gasteiger partial charge in [-0.05, 0) is 44.0 Å². The number of carbonyl (C=O) groups is 1. The van der Waals surface area contributed by atoms with Gasteiger partial charge in [-0.3, -0.25) is 9.89 Å². The summed E-state index contributed by atoms with van der Waals surface area (Å²) in [6.07, 6.45) is 0.870. The van der Waals surface area contributed by atoms with E-state index >= 15 is 0 Å². The second kappa shape index (κ2) is 5.40. The van der Waals surface area contributed by atoms with Crippen LogP contribution in [0.25, 0.3) is 11.0 Å². The lowest BCUT2D eigenvalue weighted by molar-refractivity contribution is 0.0951. The lowest BCUT2D eigenvalue weighted by Gasteiger charge is -2.07. The Hall–Kier alpha value is -2.76. The van der Waals surface area contributed by atoms with Gasteiger partial charge in [0.2, 0.25) is 0 Å². The van der Waals surface area contributed by atoms with Crippen LogP contribution in [0.3, 0.4) is 0 Å². The highest BCUT2D eigenvalue weighted by Gasteiger charge is 2.39. The van der Waals surface area contributed by atoms with Crippen LogP contribution < -0.4 is 5.32 Å². The standard InChI is InChI=1S/C18H17FN4O/c1-9-7-14(16-10(2)22-23-17(16)20-9)18(24)21-15-8-13(15)11-3-5-12(19)6-4-11/h3-7,13,15H,8H2,1-2H3,(H,21,24)(H,20,22,23)/t13-,15+/m0/s1. The van der Waals surface area contributed by atoms with Crippen molar-refractivity contribution in [2.45, 2.75) is 32.2 Å². The van der Waals surface area contributed by atoms with Crippen molar-refractivity contribution in [1.29, 1.82) is 0 Å². The van der Waals surface area contributed by atoms with E-state index in [0.717, 1.165) is 28.8 Å². The van der Waals surface area contributed by atoms with Crippen molar-refractivity contribution in [1.82, 2.24) is 20.5 Å². The Morgan fingerprint density at radius 1 is 1.29 bits per heavy atom. The number of fused-ring (bicyclic) bond motifs is 1. The summed E-state index contributed by atoms with van der Waals surface area (Å²) in [6.45, 7) is 3.72. The third-order valence-electron chi connectivity index (χ3n) is 4.48. The van der Waals surface area contributed by atoms with E-state index in [2.05, 4.69) is 20.5 Å². The maximum atomic E-state index is 13.0. The number of aromatic amines is 1. The first-order chi connectivity index (χ1) is 11.5. The van der Waals surface area contributed by atoms with Gasteiger partial charge in [-0.2, -0.15) is 5.10 Å². The first-order valence-electron chi connectivity index (χ1n) is 7.91. The minimum Gasteiger partial charge on any atom is -0.349 e. The molecule has 0 unspecified atom stereocenters. The number of carbonyl (C=O) groups excluding carboxylic acids is 1. The van der Waals surface area contributed by atoms with Crippen LogP contribution >= 0.6 is 0 Å². The topological polar surface area (TPSA) is 70.7 Å². The third-order valence-corrected chi connectivity index (χ3v) is 4.48. The molecule has 1 saturated carbocycles. The van der Waals surface area contributed by atoms with Crippen molar-refractivity contribution < 1.29 is 9.18 Å². The van der Waals surface area contributed by atoms with E-state index in [1.54, 1.807) is 18.2 Å². The van der Waals surface area contributed by atoms with Gasteiger partial charge in [0.25, 0.3) is 5.91 Å². The maximum Gasteiger partial charge on any atom is 0.252 e. The number of halogens is 1. The summed E-state index contributed by atoms with van der Waals surface area (Å²) in [6, 6.07) is 8.34. The molecule has 2 atom stereocenters. The van der Waals surface area contributed by atoms with Crippen LogP contribution in [0.2, 0.25) is 0 Å². The number of hydrogen-bond acceptors (Lipinski definition) is 3. The Bertz CT molecular complexity index is 932. The van der Waals surface area contributed by atoms with Crippen LogP contribution in [-0.2, 0) is 0 Å². The van der Waals surface area contributed by atoms with Crippen LogP contribution in [0.4, 0.5) is 4.39 Å². The minimum absolute atomic E-state index is 0.0821. The molecule has 0 aliphatic heterocycles. The van der Waals surface area contributed by atoms with Crippen molar-refractivity contribution in [3.05, 3.63) is 58.7 Å². The molecule has 1 aliphatic carbocycles. The Morgan fingerprint density at radius 3 is 2.79 bits per heavy atom. The summed E-state index contributed by atoms with van der Waals surface area (Å²) < 4.78 is 13.0. The van der Waals surface area contributed by atoms with Gasteiger partial charge in [0.15, 0.2) is 5.65 Å². The van der Waals surface area contributed by atoms with Crippen molar-refractivity contribution in [3.63, 3.8) is 0 Å². The molecule has 0 bridgehead atoms. The number of benzene rings is 1. The zero-order valence-electron chi connectivity index (χ0n) is 13.4. The largest absolute Gasteiger partial charge is 0.349 e. The van der Waals surface area contributed by atoms with Gasteiger partial charge in [-0.15, -0.1) is 0 Å². The summed E-state index contributed by atoms with van der Waals surface area (Å²) >= 11 is 0. The molecule has 2 heterocycles. The third kappa shape index (κ3) is 2.54. The smallest absolute Gasteiger partial charge is 0.252 e. The molecule has 2 N–H and O–H groups in total. The molecule has 6 heteroatoms. The van der Waals surface area contributed by atoms with E-state index in [4.69, 9.17) is 0 Å². The number of hydrogen-bond donors (Lipinski definition) is 2. The van der Waals surface area contributed by atoms with Gasteiger partial charge in [0.05, 0.1) is 10.9 Å². The normalized spacial score (nSPS) is 19.5. The van der Waals surface area contributed by atoms with E-state index in [0.29, 0.717) is 11.2 Å². The first kappa shape index (κ1) is 14.8. The molecule has 2 aromatic heterocycles. The van der Waals surface area contributed by atoms with Crippen LogP contribution in [0.15, 0.2) is 30.3 Å². The monoisotopic (exact) mass is 324 g/mol. The molecule has 1 aromatic carbocycles. The molecule has 122 valence electrons. The predicted octanol–water partition coefficient (Wildman–Crippen LogP) is 3.00. The van der Waals surface area contributed by atoms with Gasteiger partial charge in [0, 0.05) is 23.3 Å². The SMILES string of the molecule is Cc1cc(C(=O)N[C@@H]2C[C@H]2c2ccc(F)cc2)c2c(C)[nH]nc2n1. The van der Waals surface area contributed by atoms with Crippen LogP contribution in [0.5, 0.6) is 0 Å². The molecule has 0 saturated heterocycles. The highest BCUT2D eigenvalue weighted by atomic mass is 19.1. The van der Waals surface area contributed by atoms with Crippen LogP contribution in [0, 0.1) is 19.7 Å². The number of nitrogens with one attached hydrogen (secondary N) is 2. The summed E-state index contributed by atoms with van der Waals surface area (Å²) in [5.74, 6) is -0.117. The average molecular weight is 324 g/mol. The molecule has 3 aromatic rings. The number of H-pyrrole nitrogens is 1. The zero-order valence-corrected chi connectivity index (χ0v) is 13.4. The van der Waals surface area contributed by atoms with Gasteiger partial charge < -0.3 is 5.32 Å². The van der Waals surface area contributed by atoms with Crippen LogP contribution in [0.1, 0.15) is 39.6 Å². The molecule has 4 rings (SSSR count). The molecular formula is C18H17FN4O. The lowest BCUT2D eigenvalue weighted by atomic mass is 10.1. The fourth-order valence-electron chi connectivity index (χ4n) is 3.16. The summed E-state index contributed by atoms with van der Waals surface area (Å²) in [7, 11) is 0. The molecule has 1 amide bonds. The second-order valence-corrected chi connectivity index (χ2v) is 6.33. The molecule has 24 heavy (non-hydrogen) atoms. The Balaban J connectivity index is 1.56. The molecule has 0 radical (unpaired) electrons. The quantitative estimate of drug-likeness (QED) is 0.778. The fourth-order valence-corrected chi connectivity index (χ4v) is 3.16. The predicted molar refractivity (Wildman–Crippen MR) is 88.4 cm³/mol. The number of amides is 1. The summed E-state index contributed by atoms with van der Waals surface area (Å²) in [5.41, 5.74) is 3.79. The zero-order chi connectivity index (χ0) is 16.8. The Labute approximate surface area is 138 Å². The summed E-state index contributed by atoms with van der Waals surface area (Å²) in [5, 5.41) is 10.8. The van der Waals surface area contributed by atoms with E-state index < -0.39 is 0 Å². The molecular weight excluding hydrogens is 307 g/mol. The van der Waals surface area contributed by atoms with E-state index in [-0.39, 0.29) is 23.7 Å². The van der Waals surface area contributed by atoms with Crippen molar-refractivity contribution in [2.75, 3.05) is 0 Å². The van der Waals surface area contributed by atoms with Gasteiger partial charge in [-0.25, -0.2) is 9.37 Å². The van der Waals surface area contributed by atoms with Gasteiger partial charge in [0.1, 0.15) is 5.82 Å². The first-order valence-corrected chi connectivity index (χ1v) is 7.91. The Morgan fingerprint density at radius 2 is 2.04 bits per heavy atom. The summed E-state index contributed by atoms with van der Waals surface area (Å²) in [4.78, 5) is 17.0. The lowest BCUT2D eigenvalue weighted by Crippen LogP contribution is -2.27. The van der Waals surface area contributed by atoms with Gasteiger partial charge in [-0.1, -0.05) is 12.1 Å². The fraction of sp³-hybridized carbons (Fsp3) is 0.278. The van der Waals surface area contributed by atoms with Gasteiger partial charge >= 0.3 is 0 Å². The van der Waals surface area contributed by atoms with E-state index in [1.165, 1.54) is 12.1 Å². The average Bonchev–Trinajstić information content (AvgIpc) is 3.22. The highest BCUT2D eigenvalue weighted by molar-refractivity contribution is 6.06. The van der Waals surface area contributed by atoms with E-state index in [1.807, 2.05) is 13.8 Å². The highest BCUT2D eigenvalue weighted by Crippen LogP contribution is 2.41. The molecule has 1 aliphatic rings. The van der Waals surface area contributed by atoms with Crippen LogP contribution in [-0.4, -0.2) is 27.1 Å². The molecule has 0 spiro atoms. The molecule has 1 fully saturated rings. The minimum atomic E-state index is -0.245. The number of rotatable bonds is 3.